The monoisotopic (exact) mass is 260 g/mol. The molecule has 1 heterocycles. The summed E-state index contributed by atoms with van der Waals surface area (Å²) in [5.74, 6) is 0.0847. The van der Waals surface area contributed by atoms with Crippen molar-refractivity contribution in [2.75, 3.05) is 18.0 Å². The molecular weight excluding hydrogens is 236 g/mol. The Balaban J connectivity index is 1.93. The van der Waals surface area contributed by atoms with Crippen molar-refractivity contribution in [3.63, 3.8) is 0 Å². The zero-order valence-corrected chi connectivity index (χ0v) is 12.2. The van der Waals surface area contributed by atoms with Crippen LogP contribution in [0.3, 0.4) is 0 Å². The molecule has 2 rings (SSSR count). The van der Waals surface area contributed by atoms with Gasteiger partial charge in [0.25, 0.3) is 0 Å². The van der Waals surface area contributed by atoms with Crippen LogP contribution >= 0.6 is 0 Å². The second kappa shape index (κ2) is 5.64. The Morgan fingerprint density at radius 1 is 1.16 bits per heavy atom. The van der Waals surface area contributed by atoms with Gasteiger partial charge in [-0.1, -0.05) is 12.1 Å². The predicted octanol–water partition coefficient (Wildman–Crippen LogP) is 2.74. The van der Waals surface area contributed by atoms with Gasteiger partial charge in [-0.15, -0.1) is 0 Å². The highest BCUT2D eigenvalue weighted by Crippen LogP contribution is 2.20. The van der Waals surface area contributed by atoms with Crippen molar-refractivity contribution in [1.82, 2.24) is 5.32 Å². The topological polar surface area (TPSA) is 32.3 Å². The highest BCUT2D eigenvalue weighted by atomic mass is 16.1. The summed E-state index contributed by atoms with van der Waals surface area (Å²) in [7, 11) is 0. The van der Waals surface area contributed by atoms with E-state index in [1.165, 1.54) is 18.5 Å². The van der Waals surface area contributed by atoms with Crippen molar-refractivity contribution in [3.8, 4) is 0 Å². The summed E-state index contributed by atoms with van der Waals surface area (Å²) < 4.78 is 0. The molecule has 3 heteroatoms. The van der Waals surface area contributed by atoms with Crippen LogP contribution in [0, 0.1) is 0 Å². The maximum atomic E-state index is 11.8. The first kappa shape index (κ1) is 13.9. The molecule has 1 aliphatic rings. The van der Waals surface area contributed by atoms with Crippen LogP contribution in [0.4, 0.5) is 5.69 Å². The lowest BCUT2D eigenvalue weighted by Gasteiger charge is -2.21. The van der Waals surface area contributed by atoms with Gasteiger partial charge in [0.1, 0.15) is 0 Å². The SMILES string of the molecule is CC(C)(C)NC(=O)Cc1ccc(N2CCCC2)cc1. The molecule has 1 aromatic rings. The molecule has 0 saturated carbocycles. The Morgan fingerprint density at radius 3 is 2.26 bits per heavy atom. The molecule has 0 atom stereocenters. The maximum Gasteiger partial charge on any atom is 0.224 e. The van der Waals surface area contributed by atoms with Gasteiger partial charge in [-0.25, -0.2) is 0 Å². The summed E-state index contributed by atoms with van der Waals surface area (Å²) in [6.45, 7) is 8.32. The Kier molecular flexibility index (Phi) is 4.13. The van der Waals surface area contributed by atoms with E-state index in [0.717, 1.165) is 18.7 Å². The molecule has 1 aliphatic heterocycles. The number of carbonyl (C=O) groups excluding carboxylic acids is 1. The molecule has 1 aromatic carbocycles. The lowest BCUT2D eigenvalue weighted by molar-refractivity contribution is -0.121. The first-order valence-electron chi connectivity index (χ1n) is 7.09. The highest BCUT2D eigenvalue weighted by Gasteiger charge is 2.15. The fourth-order valence-corrected chi connectivity index (χ4v) is 2.45. The molecule has 19 heavy (non-hydrogen) atoms. The van der Waals surface area contributed by atoms with E-state index in [1.54, 1.807) is 0 Å². The van der Waals surface area contributed by atoms with Crippen LogP contribution in [0.5, 0.6) is 0 Å². The zero-order valence-electron chi connectivity index (χ0n) is 12.2. The van der Waals surface area contributed by atoms with Gasteiger partial charge in [0.2, 0.25) is 5.91 Å². The summed E-state index contributed by atoms with van der Waals surface area (Å²) in [6, 6.07) is 8.39. The minimum atomic E-state index is -0.160. The highest BCUT2D eigenvalue weighted by molar-refractivity contribution is 5.79. The van der Waals surface area contributed by atoms with Crippen molar-refractivity contribution in [1.29, 1.82) is 0 Å². The number of anilines is 1. The lowest BCUT2D eigenvalue weighted by atomic mass is 10.1. The molecule has 0 spiro atoms. The van der Waals surface area contributed by atoms with Gasteiger partial charge in [0.15, 0.2) is 0 Å². The van der Waals surface area contributed by atoms with Gasteiger partial charge in [0, 0.05) is 24.3 Å². The average Bonchev–Trinajstić information content (AvgIpc) is 2.80. The van der Waals surface area contributed by atoms with Crippen LogP contribution in [-0.2, 0) is 11.2 Å². The first-order chi connectivity index (χ1) is 8.94. The number of amides is 1. The van der Waals surface area contributed by atoms with E-state index >= 15 is 0 Å². The summed E-state index contributed by atoms with van der Waals surface area (Å²) in [5, 5.41) is 2.99. The largest absolute Gasteiger partial charge is 0.372 e. The van der Waals surface area contributed by atoms with Crippen LogP contribution in [0.15, 0.2) is 24.3 Å². The van der Waals surface area contributed by atoms with E-state index in [2.05, 4.69) is 34.5 Å². The van der Waals surface area contributed by atoms with E-state index in [0.29, 0.717) is 6.42 Å². The van der Waals surface area contributed by atoms with E-state index in [1.807, 2.05) is 20.8 Å². The van der Waals surface area contributed by atoms with E-state index in [-0.39, 0.29) is 11.4 Å². The minimum absolute atomic E-state index is 0.0847. The number of rotatable bonds is 3. The Bertz CT molecular complexity index is 425. The summed E-state index contributed by atoms with van der Waals surface area (Å²) >= 11 is 0. The van der Waals surface area contributed by atoms with Crippen LogP contribution in [-0.4, -0.2) is 24.5 Å². The smallest absolute Gasteiger partial charge is 0.224 e. The molecule has 0 aliphatic carbocycles. The van der Waals surface area contributed by atoms with E-state index in [9.17, 15) is 4.79 Å². The molecule has 0 aromatic heterocycles. The van der Waals surface area contributed by atoms with Gasteiger partial charge in [0.05, 0.1) is 6.42 Å². The standard InChI is InChI=1S/C16H24N2O/c1-16(2,3)17-15(19)12-13-6-8-14(9-7-13)18-10-4-5-11-18/h6-9H,4-5,10-12H2,1-3H3,(H,17,19). The molecule has 1 N–H and O–H groups in total. The predicted molar refractivity (Wildman–Crippen MR) is 79.5 cm³/mol. The molecule has 1 saturated heterocycles. The first-order valence-corrected chi connectivity index (χ1v) is 7.09. The van der Waals surface area contributed by atoms with Crippen molar-refractivity contribution >= 4 is 11.6 Å². The van der Waals surface area contributed by atoms with Crippen LogP contribution in [0.1, 0.15) is 39.2 Å². The molecule has 1 fully saturated rings. The lowest BCUT2D eigenvalue weighted by Crippen LogP contribution is -2.41. The van der Waals surface area contributed by atoms with Gasteiger partial charge in [-0.05, 0) is 51.3 Å². The third kappa shape index (κ3) is 4.27. The Hall–Kier alpha value is -1.51. The van der Waals surface area contributed by atoms with E-state index in [4.69, 9.17) is 0 Å². The molecular formula is C16H24N2O. The minimum Gasteiger partial charge on any atom is -0.372 e. The van der Waals surface area contributed by atoms with Crippen molar-refractivity contribution in [2.24, 2.45) is 0 Å². The third-order valence-electron chi connectivity index (χ3n) is 3.29. The van der Waals surface area contributed by atoms with Gasteiger partial charge < -0.3 is 10.2 Å². The fourth-order valence-electron chi connectivity index (χ4n) is 2.45. The number of benzene rings is 1. The van der Waals surface area contributed by atoms with Gasteiger partial charge in [-0.3, -0.25) is 4.79 Å². The summed E-state index contributed by atoms with van der Waals surface area (Å²) in [6.07, 6.45) is 3.03. The van der Waals surface area contributed by atoms with Gasteiger partial charge >= 0.3 is 0 Å². The van der Waals surface area contributed by atoms with E-state index < -0.39 is 0 Å². The molecule has 0 unspecified atom stereocenters. The van der Waals surface area contributed by atoms with Crippen molar-refractivity contribution < 1.29 is 4.79 Å². The maximum absolute atomic E-state index is 11.8. The normalized spacial score (nSPS) is 15.6. The second-order valence-corrected chi connectivity index (χ2v) is 6.34. The number of nitrogens with zero attached hydrogens (tertiary/aromatic N) is 1. The number of hydrogen-bond acceptors (Lipinski definition) is 2. The molecule has 3 nitrogen and oxygen atoms in total. The quantitative estimate of drug-likeness (QED) is 0.906. The second-order valence-electron chi connectivity index (χ2n) is 6.34. The Labute approximate surface area is 116 Å². The van der Waals surface area contributed by atoms with Crippen LogP contribution < -0.4 is 10.2 Å². The van der Waals surface area contributed by atoms with Crippen molar-refractivity contribution in [3.05, 3.63) is 29.8 Å². The third-order valence-corrected chi connectivity index (χ3v) is 3.29. The fraction of sp³-hybridized carbons (Fsp3) is 0.562. The number of carbonyl (C=O) groups is 1. The van der Waals surface area contributed by atoms with Crippen LogP contribution in [0.25, 0.3) is 0 Å². The zero-order chi connectivity index (χ0) is 13.9. The summed E-state index contributed by atoms with van der Waals surface area (Å²) in [5.41, 5.74) is 2.19. The van der Waals surface area contributed by atoms with Gasteiger partial charge in [-0.2, -0.15) is 0 Å². The Morgan fingerprint density at radius 2 is 1.74 bits per heavy atom. The molecule has 104 valence electrons. The number of nitrogens with one attached hydrogen (secondary N) is 1. The summed E-state index contributed by atoms with van der Waals surface area (Å²) in [4.78, 5) is 14.2. The molecule has 0 radical (unpaired) electrons. The molecule has 1 amide bonds. The van der Waals surface area contributed by atoms with Crippen molar-refractivity contribution in [2.45, 2.75) is 45.6 Å². The average molecular weight is 260 g/mol. The van der Waals surface area contributed by atoms with Crippen LogP contribution in [0.2, 0.25) is 0 Å². The molecule has 0 bridgehead atoms. The number of hydrogen-bond donors (Lipinski definition) is 1.